The van der Waals surface area contributed by atoms with Gasteiger partial charge in [-0.2, -0.15) is 0 Å². The van der Waals surface area contributed by atoms with Crippen molar-refractivity contribution in [3.8, 4) is 0 Å². The van der Waals surface area contributed by atoms with Gasteiger partial charge in [0.25, 0.3) is 0 Å². The molecular weight excluding hydrogens is 199 g/mol. The second-order valence-electron chi connectivity index (χ2n) is 1.57. The van der Waals surface area contributed by atoms with Gasteiger partial charge in [-0.25, -0.2) is 9.59 Å². The molecule has 8 N–H and O–H groups in total. The Hall–Kier alpha value is -0.220. The number of aliphatic carboxylic acids is 2. The normalized spacial score (nSPS) is 12.2. The van der Waals surface area contributed by atoms with Gasteiger partial charge in [-0.15, -0.1) is 0 Å². The molecule has 76 valence electrons. The van der Waals surface area contributed by atoms with Crippen LogP contribution >= 0.6 is 0 Å². The maximum Gasteiger partial charge on any atom is 1.00 e. The van der Waals surface area contributed by atoms with Crippen molar-refractivity contribution < 1.29 is 72.0 Å². The SMILES string of the molecule is O.O.O=C(O)C(O)C(O)C(=O)O.[H-].[Na+]. The average molecular weight is 210 g/mol. The predicted octanol–water partition coefficient (Wildman–Crippen LogP) is -6.66. The summed E-state index contributed by atoms with van der Waals surface area (Å²) in [5.41, 5.74) is 0. The van der Waals surface area contributed by atoms with Gasteiger partial charge in [-0.05, 0) is 0 Å². The van der Waals surface area contributed by atoms with E-state index in [0.29, 0.717) is 0 Å². The van der Waals surface area contributed by atoms with Gasteiger partial charge in [0.15, 0.2) is 12.2 Å². The zero-order valence-corrected chi connectivity index (χ0v) is 8.76. The van der Waals surface area contributed by atoms with E-state index in [1.165, 1.54) is 0 Å². The Morgan fingerprint density at radius 1 is 0.923 bits per heavy atom. The van der Waals surface area contributed by atoms with Crippen molar-refractivity contribution in [2.75, 3.05) is 0 Å². The third kappa shape index (κ3) is 8.12. The molecule has 0 saturated heterocycles. The molecule has 0 aromatic heterocycles. The first kappa shape index (κ1) is 23.0. The molecule has 8 nitrogen and oxygen atoms in total. The van der Waals surface area contributed by atoms with E-state index in [4.69, 9.17) is 20.4 Å². The van der Waals surface area contributed by atoms with Crippen LogP contribution in [0, 0.1) is 0 Å². The Morgan fingerprint density at radius 3 is 1.15 bits per heavy atom. The van der Waals surface area contributed by atoms with E-state index in [1.54, 1.807) is 0 Å². The number of rotatable bonds is 3. The van der Waals surface area contributed by atoms with E-state index in [1.807, 2.05) is 0 Å². The van der Waals surface area contributed by atoms with Crippen LogP contribution in [0.4, 0.5) is 0 Å². The quantitative estimate of drug-likeness (QED) is 0.336. The Balaban J connectivity index is -0.0000000675. The van der Waals surface area contributed by atoms with E-state index in [-0.39, 0.29) is 41.9 Å². The van der Waals surface area contributed by atoms with Gasteiger partial charge in [0.2, 0.25) is 0 Å². The summed E-state index contributed by atoms with van der Waals surface area (Å²) in [4.78, 5) is 19.5. The number of hydrogen-bond donors (Lipinski definition) is 4. The summed E-state index contributed by atoms with van der Waals surface area (Å²) in [5.74, 6) is -3.54. The van der Waals surface area contributed by atoms with Gasteiger partial charge < -0.3 is 32.8 Å². The number of hydrogen-bond acceptors (Lipinski definition) is 4. The Bertz CT molecular complexity index is 145. The molecule has 0 heterocycles. The van der Waals surface area contributed by atoms with E-state index in [2.05, 4.69) is 0 Å². The monoisotopic (exact) mass is 210 g/mol. The zero-order valence-electron chi connectivity index (χ0n) is 7.76. The molecule has 0 fully saturated rings. The molecule has 0 spiro atoms. The van der Waals surface area contributed by atoms with Crippen molar-refractivity contribution >= 4 is 11.9 Å². The minimum absolute atomic E-state index is 0. The number of carboxylic acids is 2. The summed E-state index contributed by atoms with van der Waals surface area (Å²) in [6, 6.07) is 0. The molecule has 0 aromatic carbocycles. The standard InChI is InChI=1S/C4H6O6.Na.2H2O.H/c5-1(3(7)8)2(6)4(9)10;;;;/h1-2,5-6H,(H,7,8)(H,9,10);;2*1H2;/q;+1;;;-1. The van der Waals surface area contributed by atoms with Crippen molar-refractivity contribution in [3.05, 3.63) is 0 Å². The summed E-state index contributed by atoms with van der Waals surface area (Å²) >= 11 is 0. The molecule has 9 heteroatoms. The van der Waals surface area contributed by atoms with Crippen LogP contribution in [0.15, 0.2) is 0 Å². The van der Waals surface area contributed by atoms with Crippen molar-refractivity contribution in [1.82, 2.24) is 0 Å². The molecule has 0 radical (unpaired) electrons. The first-order valence-electron chi connectivity index (χ1n) is 2.28. The fraction of sp³-hybridized carbons (Fsp3) is 0.500. The van der Waals surface area contributed by atoms with Gasteiger partial charge in [0.1, 0.15) is 0 Å². The number of aliphatic hydroxyl groups is 2. The van der Waals surface area contributed by atoms with Gasteiger partial charge in [0, 0.05) is 0 Å². The second kappa shape index (κ2) is 9.86. The average Bonchev–Trinajstić information content (AvgIpc) is 1.84. The van der Waals surface area contributed by atoms with Crippen LogP contribution in [-0.4, -0.2) is 55.5 Å². The van der Waals surface area contributed by atoms with Crippen molar-refractivity contribution in [2.24, 2.45) is 0 Å². The molecule has 2 atom stereocenters. The summed E-state index contributed by atoms with van der Waals surface area (Å²) in [5, 5.41) is 32.5. The first-order chi connectivity index (χ1) is 4.46. The van der Waals surface area contributed by atoms with Crippen molar-refractivity contribution in [1.29, 1.82) is 0 Å². The molecular formula is C4H11NaO8. The van der Waals surface area contributed by atoms with Gasteiger partial charge in [-0.1, -0.05) is 0 Å². The number of aliphatic hydroxyl groups excluding tert-OH is 2. The molecule has 0 aliphatic carbocycles. The largest absolute Gasteiger partial charge is 1.00 e. The fourth-order valence-corrected chi connectivity index (χ4v) is 0.270. The summed E-state index contributed by atoms with van der Waals surface area (Å²) in [7, 11) is 0. The van der Waals surface area contributed by atoms with Gasteiger partial charge in [-0.3, -0.25) is 0 Å². The minimum atomic E-state index is -2.27. The second-order valence-corrected chi connectivity index (χ2v) is 1.57. The van der Waals surface area contributed by atoms with Crippen molar-refractivity contribution in [2.45, 2.75) is 12.2 Å². The molecule has 0 amide bonds. The molecule has 0 rings (SSSR count). The van der Waals surface area contributed by atoms with E-state index in [0.717, 1.165) is 0 Å². The van der Waals surface area contributed by atoms with E-state index >= 15 is 0 Å². The van der Waals surface area contributed by atoms with Crippen LogP contribution in [0.3, 0.4) is 0 Å². The zero-order chi connectivity index (χ0) is 8.31. The summed E-state index contributed by atoms with van der Waals surface area (Å²) in [6.45, 7) is 0. The topological polar surface area (TPSA) is 178 Å². The summed E-state index contributed by atoms with van der Waals surface area (Å²) < 4.78 is 0. The van der Waals surface area contributed by atoms with Gasteiger partial charge >= 0.3 is 41.5 Å². The molecule has 13 heavy (non-hydrogen) atoms. The molecule has 0 aliphatic rings. The van der Waals surface area contributed by atoms with Crippen molar-refractivity contribution in [3.63, 3.8) is 0 Å². The Kier molecular flexibility index (Phi) is 17.5. The van der Waals surface area contributed by atoms with Crippen LogP contribution in [0.2, 0.25) is 0 Å². The van der Waals surface area contributed by atoms with Crippen LogP contribution in [0.25, 0.3) is 0 Å². The Morgan fingerprint density at radius 2 is 1.08 bits per heavy atom. The summed E-state index contributed by atoms with van der Waals surface area (Å²) in [6.07, 6.45) is -4.53. The number of carbonyl (C=O) groups is 2. The Labute approximate surface area is 96.2 Å². The maximum atomic E-state index is 9.77. The number of carboxylic acid groups (broad SMARTS) is 2. The fourth-order valence-electron chi connectivity index (χ4n) is 0.270. The third-order valence-corrected chi connectivity index (χ3v) is 0.805. The van der Waals surface area contributed by atoms with E-state index < -0.39 is 24.1 Å². The predicted molar refractivity (Wildman–Crippen MR) is 35.6 cm³/mol. The first-order valence-corrected chi connectivity index (χ1v) is 2.28. The smallest absolute Gasteiger partial charge is 1.00 e. The molecule has 0 bridgehead atoms. The van der Waals surface area contributed by atoms with Gasteiger partial charge in [0.05, 0.1) is 0 Å². The molecule has 2 unspecified atom stereocenters. The van der Waals surface area contributed by atoms with Crippen LogP contribution in [-0.2, 0) is 9.59 Å². The molecule has 0 saturated carbocycles. The minimum Gasteiger partial charge on any atom is -1.00 e. The third-order valence-electron chi connectivity index (χ3n) is 0.805. The molecule has 0 aromatic rings. The van der Waals surface area contributed by atoms with Crippen LogP contribution in [0.1, 0.15) is 1.43 Å². The maximum absolute atomic E-state index is 9.77. The van der Waals surface area contributed by atoms with Crippen LogP contribution < -0.4 is 29.6 Å². The molecule has 0 aliphatic heterocycles. The van der Waals surface area contributed by atoms with E-state index in [9.17, 15) is 9.59 Å². The van der Waals surface area contributed by atoms with Crippen LogP contribution in [0.5, 0.6) is 0 Å².